The molecule has 0 aliphatic rings. The topological polar surface area (TPSA) is 67.1 Å². The molecule has 80 heavy (non-hydrogen) atoms. The van der Waals surface area contributed by atoms with Crippen LogP contribution in [-0.4, -0.2) is 19.9 Å². The van der Waals surface area contributed by atoms with Crippen LogP contribution in [0, 0.1) is 41.5 Å². The lowest BCUT2D eigenvalue weighted by atomic mass is 10.0. The van der Waals surface area contributed by atoms with Crippen LogP contribution in [0.2, 0.25) is 0 Å². The van der Waals surface area contributed by atoms with Crippen molar-refractivity contribution in [1.29, 1.82) is 0 Å². The lowest BCUT2D eigenvalue weighted by Gasteiger charge is -2.03. The van der Waals surface area contributed by atoms with Crippen LogP contribution in [0.15, 0.2) is 146 Å². The van der Waals surface area contributed by atoms with Crippen molar-refractivity contribution in [3.63, 3.8) is 0 Å². The highest BCUT2D eigenvalue weighted by Gasteiger charge is 2.21. The molecule has 0 aliphatic heterocycles. The van der Waals surface area contributed by atoms with Gasteiger partial charge < -0.3 is 0 Å². The van der Waals surface area contributed by atoms with Crippen molar-refractivity contribution in [2.24, 2.45) is 28.2 Å². The molecule has 8 aromatic heterocycles. The van der Waals surface area contributed by atoms with Gasteiger partial charge in [-0.1, -0.05) is 130 Å². The maximum atomic E-state index is 8.24. The normalized spacial score (nSPS) is 12.3. The summed E-state index contributed by atoms with van der Waals surface area (Å²) in [5.41, 5.74) is 18.6. The van der Waals surface area contributed by atoms with E-state index in [9.17, 15) is 0 Å². The molecule has 0 N–H and O–H groups in total. The molecule has 0 radical (unpaired) electrons. The first-order chi connectivity index (χ1) is 38.0. The highest BCUT2D eigenvalue weighted by molar-refractivity contribution is 7.19. The fourth-order valence-electron chi connectivity index (χ4n) is 9.23. The monoisotopic (exact) mass is 1140 g/mol. The third kappa shape index (κ3) is 14.1. The van der Waals surface area contributed by atoms with Crippen molar-refractivity contribution in [2.45, 2.75) is 111 Å². The van der Waals surface area contributed by atoms with Crippen molar-refractivity contribution in [3.05, 3.63) is 188 Å². The minimum atomic E-state index is -2.41. The number of hydrogen-bond acceptors (Lipinski definition) is 8. The quantitative estimate of drug-likeness (QED) is 0.156. The van der Waals surface area contributed by atoms with Gasteiger partial charge in [0.25, 0.3) is 0 Å². The van der Waals surface area contributed by atoms with Crippen LogP contribution < -0.4 is 18.3 Å². The smallest absolute Gasteiger partial charge is 0.214 e. The summed E-state index contributed by atoms with van der Waals surface area (Å²) in [6.07, 6.45) is 8.48. The third-order valence-electron chi connectivity index (χ3n) is 13.3. The zero-order valence-corrected chi connectivity index (χ0v) is 48.9. The summed E-state index contributed by atoms with van der Waals surface area (Å²) in [5.74, 6) is -1.22. The van der Waals surface area contributed by atoms with Gasteiger partial charge in [-0.25, -0.2) is 19.9 Å². The van der Waals surface area contributed by atoms with Crippen LogP contribution >= 0.6 is 45.3 Å². The van der Waals surface area contributed by atoms with Gasteiger partial charge in [0, 0.05) is 63.8 Å². The molecule has 12 aromatic rings. The van der Waals surface area contributed by atoms with Gasteiger partial charge in [-0.15, -0.1) is 45.3 Å². The zero-order valence-electron chi connectivity index (χ0n) is 49.6. The lowest BCUT2D eigenvalue weighted by Crippen LogP contribution is -2.30. The van der Waals surface area contributed by atoms with E-state index in [1.54, 1.807) is 34.0 Å². The molecule has 8 nitrogen and oxygen atoms in total. The van der Waals surface area contributed by atoms with Crippen molar-refractivity contribution in [1.82, 2.24) is 19.9 Å². The van der Waals surface area contributed by atoms with Gasteiger partial charge in [0.15, 0.2) is 24.8 Å². The van der Waals surface area contributed by atoms with Gasteiger partial charge in [0.1, 0.15) is 47.0 Å². The standard InChI is InChI=1S/2C17H19N2S.2C15H15N2S.4CH4/c2*1-11(2)17-18-14-9-15(19(4)10-16(14)20-17)13-8-6-5-7-12(13)3;2*1-10-6-4-5-7-12(10)14-8-13-15(9-17(14)3)18-11(2)16-13;;;;/h2*5-11H,1-4H3;2*4-9H,1-3H3;4*1H4/q4*+1;;;;/i1D3,11D;;;;;;;. The van der Waals surface area contributed by atoms with Crippen LogP contribution in [0.4, 0.5) is 0 Å². The summed E-state index contributed by atoms with van der Waals surface area (Å²) in [7, 11) is 8.26. The van der Waals surface area contributed by atoms with E-state index >= 15 is 0 Å². The number of hydrogen-bond donors (Lipinski definition) is 0. The van der Waals surface area contributed by atoms with Crippen LogP contribution in [0.1, 0.15) is 117 Å². The molecule has 0 spiro atoms. The summed E-state index contributed by atoms with van der Waals surface area (Å²) in [6, 6.07) is 42.1. The summed E-state index contributed by atoms with van der Waals surface area (Å²) in [4.78, 5) is 18.4. The Balaban J connectivity index is 0.000000203. The fourth-order valence-corrected chi connectivity index (χ4v) is 12.9. The first-order valence-corrected chi connectivity index (χ1v) is 28.6. The van der Waals surface area contributed by atoms with Crippen molar-refractivity contribution < 1.29 is 23.8 Å². The molecule has 416 valence electrons. The minimum absolute atomic E-state index is 0. The Morgan fingerprint density at radius 1 is 0.388 bits per heavy atom. The number of fused-ring (bicyclic) bond motifs is 4. The first kappa shape index (κ1) is 57.7. The summed E-state index contributed by atoms with van der Waals surface area (Å²) >= 11 is 6.55. The number of aryl methyl sites for hydroxylation is 10. The molecule has 12 heteroatoms. The predicted octanol–water partition coefficient (Wildman–Crippen LogP) is 17.8. The van der Waals surface area contributed by atoms with Gasteiger partial charge in [0.05, 0.1) is 42.1 Å². The summed E-state index contributed by atoms with van der Waals surface area (Å²) in [6.45, 7) is 16.0. The largest absolute Gasteiger partial charge is 0.241 e. The van der Waals surface area contributed by atoms with Crippen molar-refractivity contribution >= 4 is 86.2 Å². The van der Waals surface area contributed by atoms with Gasteiger partial charge in [-0.3, -0.25) is 0 Å². The van der Waals surface area contributed by atoms with Crippen LogP contribution in [0.25, 0.3) is 85.9 Å². The highest BCUT2D eigenvalue weighted by atomic mass is 32.1. The molecule has 0 fully saturated rings. The fraction of sp³-hybridized carbons (Fsp3) is 0.294. The molecule has 0 aliphatic carbocycles. The molecule has 0 bridgehead atoms. The average molecular weight is 1150 g/mol. The molecular formula is C68H84N8S4+4. The Labute approximate surface area is 499 Å². The van der Waals surface area contributed by atoms with Crippen LogP contribution in [-0.2, 0) is 28.2 Å². The van der Waals surface area contributed by atoms with Gasteiger partial charge in [-0.2, -0.15) is 18.3 Å². The van der Waals surface area contributed by atoms with Crippen LogP contribution in [0.5, 0.6) is 0 Å². The van der Waals surface area contributed by atoms with Gasteiger partial charge in [-0.05, 0) is 88.1 Å². The minimum Gasteiger partial charge on any atom is -0.241 e. The Morgan fingerprint density at radius 3 is 0.938 bits per heavy atom. The number of nitrogens with zero attached hydrogens (tertiary/aromatic N) is 8. The first-order valence-electron chi connectivity index (χ1n) is 27.4. The highest BCUT2D eigenvalue weighted by Crippen LogP contribution is 2.32. The van der Waals surface area contributed by atoms with E-state index in [-0.39, 0.29) is 29.7 Å². The van der Waals surface area contributed by atoms with E-state index in [4.69, 9.17) is 10.5 Å². The molecule has 1 atom stereocenters. The van der Waals surface area contributed by atoms with Crippen LogP contribution in [0.3, 0.4) is 0 Å². The number of thiazole rings is 4. The Bertz CT molecular complexity index is 4100. The van der Waals surface area contributed by atoms with Gasteiger partial charge in [0.2, 0.25) is 22.8 Å². The van der Waals surface area contributed by atoms with E-state index in [2.05, 4.69) is 227 Å². The Morgan fingerprint density at radius 2 is 0.650 bits per heavy atom. The van der Waals surface area contributed by atoms with E-state index < -0.39 is 12.7 Å². The van der Waals surface area contributed by atoms with E-state index in [1.807, 2.05) is 36.0 Å². The molecule has 12 rings (SSSR count). The number of pyridine rings is 4. The predicted molar refractivity (Wildman–Crippen MR) is 348 cm³/mol. The molecule has 1 unspecified atom stereocenters. The molecule has 8 heterocycles. The van der Waals surface area contributed by atoms with Gasteiger partial charge >= 0.3 is 0 Å². The number of rotatable bonds is 6. The second kappa shape index (κ2) is 27.5. The Kier molecular flexibility index (Phi) is 19.8. The number of benzene rings is 4. The molecule has 0 saturated carbocycles. The number of aromatic nitrogens is 8. The zero-order chi connectivity index (χ0) is 57.4. The molecular weight excluding hydrogens is 1060 g/mol. The molecule has 0 amide bonds. The van der Waals surface area contributed by atoms with E-state index in [0.717, 1.165) is 53.6 Å². The lowest BCUT2D eigenvalue weighted by molar-refractivity contribution is -0.659. The molecule has 4 aromatic carbocycles. The third-order valence-corrected chi connectivity index (χ3v) is 17.6. The maximum Gasteiger partial charge on any atom is 0.214 e. The van der Waals surface area contributed by atoms with Crippen molar-refractivity contribution in [3.8, 4) is 45.0 Å². The summed E-state index contributed by atoms with van der Waals surface area (Å²) < 4.78 is 44.2. The second-order valence-electron chi connectivity index (χ2n) is 19.7. The SMILES string of the molecule is C.C.C.C.Cc1ccccc1-c1cc2nc(C(C)C)sc2c[n+]1C.Cc1nc2cc(-c3ccccc3C)[n+](C)cc2s1.Cc1nc2cc(-c3ccccc3C)[n+](C)cc2s1.[2H]C([2H])([2H])C([2H])(C)c1nc2cc(-c3ccccc3C)[n+](C)cc2s1. The Hall–Kier alpha value is -6.96. The maximum absolute atomic E-state index is 8.24. The average Bonchev–Trinajstić information content (AvgIpc) is 4.39. The van der Waals surface area contributed by atoms with E-state index in [0.29, 0.717) is 10.9 Å². The summed E-state index contributed by atoms with van der Waals surface area (Å²) in [5, 5.41) is 3.76. The van der Waals surface area contributed by atoms with E-state index in [1.165, 1.54) is 87.8 Å². The van der Waals surface area contributed by atoms with Crippen molar-refractivity contribution in [2.75, 3.05) is 0 Å². The second-order valence-corrected chi connectivity index (χ2v) is 24.2. The molecule has 0 saturated heterocycles.